The molecular weight excluding hydrogens is 270 g/mol. The predicted octanol–water partition coefficient (Wildman–Crippen LogP) is 2.91. The van der Waals surface area contributed by atoms with Crippen LogP contribution in [0, 0.1) is 18.8 Å². The summed E-state index contributed by atoms with van der Waals surface area (Å²) in [6.45, 7) is 4.99. The SMILES string of the molecule is Cc1ccc2c(N)c(C(=O)N(C)CC3CC3C)sc2n1. The van der Waals surface area contributed by atoms with Gasteiger partial charge in [-0.2, -0.15) is 0 Å². The number of aryl methyl sites for hydroxylation is 1. The first-order chi connectivity index (χ1) is 9.47. The molecule has 1 saturated carbocycles. The van der Waals surface area contributed by atoms with E-state index < -0.39 is 0 Å². The molecule has 0 saturated heterocycles. The summed E-state index contributed by atoms with van der Waals surface area (Å²) in [6, 6.07) is 3.87. The van der Waals surface area contributed by atoms with Crippen LogP contribution in [0.25, 0.3) is 10.2 Å². The second-order valence-electron chi connectivity index (χ2n) is 5.81. The van der Waals surface area contributed by atoms with E-state index in [0.717, 1.165) is 28.4 Å². The van der Waals surface area contributed by atoms with Crippen LogP contribution in [-0.4, -0.2) is 29.4 Å². The Bertz CT molecular complexity index is 679. The zero-order valence-electron chi connectivity index (χ0n) is 12.0. The normalized spacial score (nSPS) is 21.1. The molecule has 2 unspecified atom stereocenters. The van der Waals surface area contributed by atoms with Crippen LogP contribution >= 0.6 is 11.3 Å². The van der Waals surface area contributed by atoms with Gasteiger partial charge < -0.3 is 10.6 Å². The maximum atomic E-state index is 12.5. The molecule has 0 aromatic carbocycles. The number of carbonyl (C=O) groups excluding carboxylic acids is 1. The van der Waals surface area contributed by atoms with E-state index in [2.05, 4.69) is 11.9 Å². The Labute approximate surface area is 122 Å². The van der Waals surface area contributed by atoms with E-state index in [0.29, 0.717) is 16.5 Å². The van der Waals surface area contributed by atoms with Gasteiger partial charge in [0.1, 0.15) is 9.71 Å². The highest BCUT2D eigenvalue weighted by Crippen LogP contribution is 2.39. The van der Waals surface area contributed by atoms with Crippen molar-refractivity contribution in [3.63, 3.8) is 0 Å². The van der Waals surface area contributed by atoms with Crippen molar-refractivity contribution in [1.82, 2.24) is 9.88 Å². The summed E-state index contributed by atoms with van der Waals surface area (Å²) >= 11 is 1.40. The number of anilines is 1. The third-order valence-corrected chi connectivity index (χ3v) is 5.16. The Hall–Kier alpha value is -1.62. The minimum Gasteiger partial charge on any atom is -0.397 e. The van der Waals surface area contributed by atoms with Crippen LogP contribution in [0.1, 0.15) is 28.7 Å². The number of carbonyl (C=O) groups is 1. The molecule has 0 spiro atoms. The molecule has 1 aliphatic rings. The van der Waals surface area contributed by atoms with Crippen molar-refractivity contribution < 1.29 is 4.79 Å². The molecule has 2 aromatic heterocycles. The number of fused-ring (bicyclic) bond motifs is 1. The number of nitrogen functional groups attached to an aromatic ring is 1. The Kier molecular flexibility index (Phi) is 3.17. The van der Waals surface area contributed by atoms with Crippen molar-refractivity contribution in [1.29, 1.82) is 0 Å². The summed E-state index contributed by atoms with van der Waals surface area (Å²) in [7, 11) is 1.86. The summed E-state index contributed by atoms with van der Waals surface area (Å²) in [5.41, 5.74) is 7.63. The van der Waals surface area contributed by atoms with Crippen molar-refractivity contribution >= 4 is 33.1 Å². The molecule has 1 aliphatic carbocycles. The first kappa shape index (κ1) is 13.4. The third-order valence-electron chi connectivity index (χ3n) is 4.06. The largest absolute Gasteiger partial charge is 0.397 e. The Balaban J connectivity index is 1.89. The second kappa shape index (κ2) is 4.74. The molecule has 2 atom stereocenters. The van der Waals surface area contributed by atoms with E-state index >= 15 is 0 Å². The van der Waals surface area contributed by atoms with Crippen LogP contribution in [0.2, 0.25) is 0 Å². The van der Waals surface area contributed by atoms with Crippen molar-refractivity contribution in [3.05, 3.63) is 22.7 Å². The number of hydrogen-bond donors (Lipinski definition) is 1. The summed E-state index contributed by atoms with van der Waals surface area (Å²) in [4.78, 5) is 20.2. The van der Waals surface area contributed by atoms with Gasteiger partial charge in [0.05, 0.1) is 5.69 Å². The summed E-state index contributed by atoms with van der Waals surface area (Å²) in [5, 5.41) is 0.886. The monoisotopic (exact) mass is 289 g/mol. The lowest BCUT2D eigenvalue weighted by Gasteiger charge is -2.16. The molecule has 20 heavy (non-hydrogen) atoms. The van der Waals surface area contributed by atoms with Crippen LogP contribution in [0.3, 0.4) is 0 Å². The van der Waals surface area contributed by atoms with Gasteiger partial charge in [-0.1, -0.05) is 6.92 Å². The van der Waals surface area contributed by atoms with Crippen LogP contribution in [-0.2, 0) is 0 Å². The fourth-order valence-electron chi connectivity index (χ4n) is 2.51. The highest BCUT2D eigenvalue weighted by molar-refractivity contribution is 7.21. The maximum Gasteiger partial charge on any atom is 0.265 e. The average Bonchev–Trinajstić information content (AvgIpc) is 2.99. The first-order valence-electron chi connectivity index (χ1n) is 6.88. The van der Waals surface area contributed by atoms with Gasteiger partial charge in [0.25, 0.3) is 5.91 Å². The molecule has 3 rings (SSSR count). The molecule has 0 radical (unpaired) electrons. The Morgan fingerprint density at radius 2 is 2.25 bits per heavy atom. The lowest BCUT2D eigenvalue weighted by Crippen LogP contribution is -2.28. The first-order valence-corrected chi connectivity index (χ1v) is 7.70. The third kappa shape index (κ3) is 2.26. The highest BCUT2D eigenvalue weighted by Gasteiger charge is 2.34. The average molecular weight is 289 g/mol. The molecule has 1 amide bonds. The fourth-order valence-corrected chi connectivity index (χ4v) is 3.64. The number of pyridine rings is 1. The van der Waals surface area contributed by atoms with Crippen LogP contribution in [0.15, 0.2) is 12.1 Å². The molecule has 2 N–H and O–H groups in total. The number of aromatic nitrogens is 1. The molecule has 2 heterocycles. The molecule has 2 aromatic rings. The number of nitrogens with zero attached hydrogens (tertiary/aromatic N) is 2. The smallest absolute Gasteiger partial charge is 0.265 e. The maximum absolute atomic E-state index is 12.5. The number of thiophene rings is 1. The Morgan fingerprint density at radius 3 is 2.90 bits per heavy atom. The molecule has 0 aliphatic heterocycles. The number of hydrogen-bond acceptors (Lipinski definition) is 4. The molecule has 1 fully saturated rings. The Morgan fingerprint density at radius 1 is 1.55 bits per heavy atom. The van der Waals surface area contributed by atoms with E-state index in [9.17, 15) is 4.79 Å². The summed E-state index contributed by atoms with van der Waals surface area (Å²) < 4.78 is 0. The minimum atomic E-state index is 0.0160. The summed E-state index contributed by atoms with van der Waals surface area (Å²) in [5.74, 6) is 1.41. The van der Waals surface area contributed by atoms with Crippen molar-refractivity contribution in [2.45, 2.75) is 20.3 Å². The van der Waals surface area contributed by atoms with Crippen LogP contribution < -0.4 is 5.73 Å². The van der Waals surface area contributed by atoms with Crippen molar-refractivity contribution in [3.8, 4) is 0 Å². The lowest BCUT2D eigenvalue weighted by molar-refractivity contribution is 0.0793. The second-order valence-corrected chi connectivity index (χ2v) is 6.81. The number of amides is 1. The number of rotatable bonds is 3. The van der Waals surface area contributed by atoms with E-state index in [1.54, 1.807) is 4.90 Å². The van der Waals surface area contributed by atoms with Gasteiger partial charge in [-0.25, -0.2) is 4.98 Å². The quantitative estimate of drug-likeness (QED) is 0.945. The van der Waals surface area contributed by atoms with Gasteiger partial charge in [0.15, 0.2) is 0 Å². The summed E-state index contributed by atoms with van der Waals surface area (Å²) in [6.07, 6.45) is 1.22. The van der Waals surface area contributed by atoms with Gasteiger partial charge in [-0.3, -0.25) is 4.79 Å². The number of nitrogens with two attached hydrogens (primary N) is 1. The fraction of sp³-hybridized carbons (Fsp3) is 0.467. The van der Waals surface area contributed by atoms with Crippen LogP contribution in [0.5, 0.6) is 0 Å². The molecule has 5 heteroatoms. The lowest BCUT2D eigenvalue weighted by atomic mass is 10.2. The standard InChI is InChI=1S/C15H19N3OS/c1-8-6-10(8)7-18(3)15(19)13-12(16)11-5-4-9(2)17-14(11)20-13/h4-5,8,10H,6-7,16H2,1-3H3. The molecule has 106 valence electrons. The van der Waals surface area contributed by atoms with Crippen molar-refractivity contribution in [2.24, 2.45) is 11.8 Å². The predicted molar refractivity (Wildman–Crippen MR) is 83.0 cm³/mol. The van der Waals surface area contributed by atoms with Crippen LogP contribution in [0.4, 0.5) is 5.69 Å². The topological polar surface area (TPSA) is 59.2 Å². The van der Waals surface area contributed by atoms with E-state index in [4.69, 9.17) is 5.73 Å². The molecular formula is C15H19N3OS. The van der Waals surface area contributed by atoms with E-state index in [-0.39, 0.29) is 5.91 Å². The van der Waals surface area contributed by atoms with Gasteiger partial charge in [-0.15, -0.1) is 11.3 Å². The minimum absolute atomic E-state index is 0.0160. The van der Waals surface area contributed by atoms with Gasteiger partial charge >= 0.3 is 0 Å². The van der Waals surface area contributed by atoms with Gasteiger partial charge in [-0.05, 0) is 37.3 Å². The van der Waals surface area contributed by atoms with Crippen molar-refractivity contribution in [2.75, 3.05) is 19.3 Å². The molecule has 0 bridgehead atoms. The zero-order chi connectivity index (χ0) is 14.4. The van der Waals surface area contributed by atoms with Gasteiger partial charge in [0.2, 0.25) is 0 Å². The zero-order valence-corrected chi connectivity index (χ0v) is 12.8. The highest BCUT2D eigenvalue weighted by atomic mass is 32.1. The van der Waals surface area contributed by atoms with Gasteiger partial charge in [0, 0.05) is 24.7 Å². The van der Waals surface area contributed by atoms with E-state index in [1.165, 1.54) is 17.8 Å². The van der Waals surface area contributed by atoms with E-state index in [1.807, 2.05) is 26.1 Å². The molecule has 4 nitrogen and oxygen atoms in total.